The molecule has 0 saturated heterocycles. The maximum Gasteiger partial charge on any atom is 0.256 e. The summed E-state index contributed by atoms with van der Waals surface area (Å²) in [5.74, 6) is -0.793. The van der Waals surface area contributed by atoms with Crippen LogP contribution in [0.5, 0.6) is 0 Å². The third-order valence-electron chi connectivity index (χ3n) is 2.41. The van der Waals surface area contributed by atoms with Gasteiger partial charge in [-0.3, -0.25) is 4.79 Å². The van der Waals surface area contributed by atoms with Crippen LogP contribution < -0.4 is 0 Å². The molecule has 0 aliphatic heterocycles. The van der Waals surface area contributed by atoms with Gasteiger partial charge in [0.05, 0.1) is 5.56 Å². The lowest BCUT2D eigenvalue weighted by Gasteiger charge is -2.17. The van der Waals surface area contributed by atoms with Gasteiger partial charge in [0, 0.05) is 18.1 Å². The third-order valence-corrected chi connectivity index (χ3v) is 2.90. The number of carbonyl (C=O) groups excluding carboxylic acids is 1. The van der Waals surface area contributed by atoms with Gasteiger partial charge in [-0.25, -0.2) is 4.39 Å². The van der Waals surface area contributed by atoms with Crippen LogP contribution in [0.4, 0.5) is 4.39 Å². The number of benzene rings is 1. The predicted octanol–water partition coefficient (Wildman–Crippen LogP) is 3.63. The molecule has 1 rings (SSSR count). The Labute approximate surface area is 109 Å². The van der Waals surface area contributed by atoms with Crippen molar-refractivity contribution >= 4 is 21.8 Å². The van der Waals surface area contributed by atoms with Crippen molar-refractivity contribution in [1.29, 1.82) is 0 Å². The van der Waals surface area contributed by atoms with Crippen LogP contribution in [0, 0.1) is 5.82 Å². The molecule has 0 unspecified atom stereocenters. The molecule has 4 heteroatoms. The highest BCUT2D eigenvalue weighted by Crippen LogP contribution is 2.16. The summed E-state index contributed by atoms with van der Waals surface area (Å²) in [6.07, 6.45) is 3.49. The fourth-order valence-corrected chi connectivity index (χ4v) is 1.78. The zero-order chi connectivity index (χ0) is 12.8. The van der Waals surface area contributed by atoms with E-state index in [4.69, 9.17) is 0 Å². The van der Waals surface area contributed by atoms with Gasteiger partial charge in [-0.15, -0.1) is 6.58 Å². The van der Waals surface area contributed by atoms with E-state index in [-0.39, 0.29) is 11.5 Å². The summed E-state index contributed by atoms with van der Waals surface area (Å²) < 4.78 is 14.2. The first-order chi connectivity index (χ1) is 8.06. The highest BCUT2D eigenvalue weighted by Gasteiger charge is 2.15. The zero-order valence-corrected chi connectivity index (χ0v) is 11.3. The first kappa shape index (κ1) is 13.9. The molecule has 17 heavy (non-hydrogen) atoms. The highest BCUT2D eigenvalue weighted by molar-refractivity contribution is 9.10. The van der Waals surface area contributed by atoms with Crippen LogP contribution in [-0.2, 0) is 0 Å². The monoisotopic (exact) mass is 299 g/mol. The number of nitrogens with zero attached hydrogens (tertiary/aromatic N) is 1. The topological polar surface area (TPSA) is 20.3 Å². The van der Waals surface area contributed by atoms with Crippen LogP contribution in [0.15, 0.2) is 35.3 Å². The maximum absolute atomic E-state index is 13.6. The Bertz CT molecular complexity index is 420. The Morgan fingerprint density at radius 1 is 1.59 bits per heavy atom. The Balaban J connectivity index is 2.71. The van der Waals surface area contributed by atoms with Gasteiger partial charge in [-0.05, 0) is 31.0 Å². The number of unbranched alkanes of at least 4 members (excludes halogenated alkanes) is 1. The molecule has 1 aromatic carbocycles. The van der Waals surface area contributed by atoms with Crippen LogP contribution >= 0.6 is 15.9 Å². The number of allylic oxidation sites excluding steroid dienone is 1. The Hall–Kier alpha value is -1.16. The van der Waals surface area contributed by atoms with Gasteiger partial charge in [-0.1, -0.05) is 22.0 Å². The highest BCUT2D eigenvalue weighted by atomic mass is 79.9. The van der Waals surface area contributed by atoms with Gasteiger partial charge in [-0.2, -0.15) is 0 Å². The molecular formula is C13H15BrFNO. The number of hydrogen-bond acceptors (Lipinski definition) is 1. The molecular weight excluding hydrogens is 285 g/mol. The van der Waals surface area contributed by atoms with Crippen molar-refractivity contribution in [3.63, 3.8) is 0 Å². The fourth-order valence-electron chi connectivity index (χ4n) is 1.44. The SMILES string of the molecule is C=CCCCN(C)C(=O)c1ccc(Br)cc1F. The maximum atomic E-state index is 13.6. The van der Waals surface area contributed by atoms with Crippen molar-refractivity contribution in [3.8, 4) is 0 Å². The van der Waals surface area contributed by atoms with Gasteiger partial charge in [0.15, 0.2) is 0 Å². The molecule has 0 atom stereocenters. The Kier molecular flexibility index (Phi) is 5.35. The standard InChI is InChI=1S/C13H15BrFNO/c1-3-4-5-8-16(2)13(17)11-7-6-10(14)9-12(11)15/h3,6-7,9H,1,4-5,8H2,2H3. The summed E-state index contributed by atoms with van der Waals surface area (Å²) in [5, 5.41) is 0. The first-order valence-electron chi connectivity index (χ1n) is 5.37. The van der Waals surface area contributed by atoms with Gasteiger partial charge < -0.3 is 4.90 Å². The van der Waals surface area contributed by atoms with E-state index < -0.39 is 5.82 Å². The van der Waals surface area contributed by atoms with Crippen molar-refractivity contribution in [2.24, 2.45) is 0 Å². The van der Waals surface area contributed by atoms with Crippen molar-refractivity contribution in [3.05, 3.63) is 46.7 Å². The van der Waals surface area contributed by atoms with Gasteiger partial charge >= 0.3 is 0 Å². The van der Waals surface area contributed by atoms with Crippen LogP contribution in [-0.4, -0.2) is 24.4 Å². The predicted molar refractivity (Wildman–Crippen MR) is 70.5 cm³/mol. The minimum atomic E-state index is -0.500. The normalized spacial score (nSPS) is 10.1. The van der Waals surface area contributed by atoms with Crippen molar-refractivity contribution in [2.45, 2.75) is 12.8 Å². The number of halogens is 2. The average Bonchev–Trinajstić information content (AvgIpc) is 2.28. The summed E-state index contributed by atoms with van der Waals surface area (Å²) in [6, 6.07) is 4.45. The van der Waals surface area contributed by atoms with E-state index in [9.17, 15) is 9.18 Å². The lowest BCUT2D eigenvalue weighted by molar-refractivity contribution is 0.0789. The minimum absolute atomic E-state index is 0.106. The smallest absolute Gasteiger partial charge is 0.256 e. The molecule has 1 aromatic rings. The van der Waals surface area contributed by atoms with Crippen LogP contribution in [0.1, 0.15) is 23.2 Å². The van der Waals surface area contributed by atoms with Crippen molar-refractivity contribution in [1.82, 2.24) is 4.90 Å². The Morgan fingerprint density at radius 3 is 2.88 bits per heavy atom. The van der Waals surface area contributed by atoms with Gasteiger partial charge in [0.2, 0.25) is 0 Å². The molecule has 0 fully saturated rings. The lowest BCUT2D eigenvalue weighted by atomic mass is 10.2. The van der Waals surface area contributed by atoms with E-state index in [1.807, 2.05) is 0 Å². The summed E-state index contributed by atoms with van der Waals surface area (Å²) in [4.78, 5) is 13.4. The molecule has 0 bridgehead atoms. The van der Waals surface area contributed by atoms with Crippen LogP contribution in [0.2, 0.25) is 0 Å². The molecule has 0 spiro atoms. The van der Waals surface area contributed by atoms with Crippen molar-refractivity contribution < 1.29 is 9.18 Å². The quantitative estimate of drug-likeness (QED) is 0.600. The Morgan fingerprint density at radius 2 is 2.29 bits per heavy atom. The largest absolute Gasteiger partial charge is 0.342 e. The molecule has 2 nitrogen and oxygen atoms in total. The summed E-state index contributed by atoms with van der Waals surface area (Å²) in [6.45, 7) is 4.21. The molecule has 0 radical (unpaired) electrons. The van der Waals surface area contributed by atoms with Gasteiger partial charge in [0.1, 0.15) is 5.82 Å². The molecule has 0 N–H and O–H groups in total. The zero-order valence-electron chi connectivity index (χ0n) is 9.75. The molecule has 0 heterocycles. The fraction of sp³-hybridized carbons (Fsp3) is 0.308. The second-order valence-corrected chi connectivity index (χ2v) is 4.70. The first-order valence-corrected chi connectivity index (χ1v) is 6.17. The summed E-state index contributed by atoms with van der Waals surface area (Å²) in [5.41, 5.74) is 0.106. The third kappa shape index (κ3) is 3.97. The summed E-state index contributed by atoms with van der Waals surface area (Å²) >= 11 is 3.16. The van der Waals surface area contributed by atoms with Crippen LogP contribution in [0.3, 0.4) is 0 Å². The molecule has 0 aliphatic carbocycles. The average molecular weight is 300 g/mol. The van der Waals surface area contributed by atoms with Crippen LogP contribution in [0.25, 0.3) is 0 Å². The number of amides is 1. The number of hydrogen-bond donors (Lipinski definition) is 0. The van der Waals surface area contributed by atoms with Crippen molar-refractivity contribution in [2.75, 3.05) is 13.6 Å². The van der Waals surface area contributed by atoms with Gasteiger partial charge in [0.25, 0.3) is 5.91 Å². The second-order valence-electron chi connectivity index (χ2n) is 3.78. The van der Waals surface area contributed by atoms with E-state index in [0.29, 0.717) is 11.0 Å². The van der Waals surface area contributed by atoms with E-state index in [2.05, 4.69) is 22.5 Å². The second kappa shape index (κ2) is 6.55. The van der Waals surface area contributed by atoms with E-state index in [1.165, 1.54) is 17.0 Å². The lowest BCUT2D eigenvalue weighted by Crippen LogP contribution is -2.28. The molecule has 92 valence electrons. The number of rotatable bonds is 5. The van der Waals surface area contributed by atoms with E-state index in [1.54, 1.807) is 19.2 Å². The number of carbonyl (C=O) groups is 1. The van der Waals surface area contributed by atoms with E-state index in [0.717, 1.165) is 12.8 Å². The minimum Gasteiger partial charge on any atom is -0.342 e. The molecule has 1 amide bonds. The molecule has 0 aromatic heterocycles. The summed E-state index contributed by atoms with van der Waals surface area (Å²) in [7, 11) is 1.67. The molecule has 0 aliphatic rings. The molecule has 0 saturated carbocycles. The van der Waals surface area contributed by atoms with E-state index >= 15 is 0 Å².